The summed E-state index contributed by atoms with van der Waals surface area (Å²) >= 11 is 13.2. The predicted molar refractivity (Wildman–Crippen MR) is 85.8 cm³/mol. The number of thioether (sulfide) groups is 1. The van der Waals surface area contributed by atoms with Gasteiger partial charge in [0.15, 0.2) is 0 Å². The first-order valence-corrected chi connectivity index (χ1v) is 8.20. The summed E-state index contributed by atoms with van der Waals surface area (Å²) in [6.07, 6.45) is 0.977. The zero-order valence-electron chi connectivity index (χ0n) is 10.8. The van der Waals surface area contributed by atoms with Crippen LogP contribution in [-0.2, 0) is 18.7 Å². The molecule has 2 heterocycles. The van der Waals surface area contributed by atoms with Gasteiger partial charge in [0.1, 0.15) is 10.5 Å². The van der Waals surface area contributed by atoms with Crippen molar-refractivity contribution < 1.29 is 0 Å². The van der Waals surface area contributed by atoms with Gasteiger partial charge in [-0.3, -0.25) is 0 Å². The van der Waals surface area contributed by atoms with Crippen LogP contribution in [-0.4, -0.2) is 16.5 Å². The molecular weight excluding hydrogens is 310 g/mol. The van der Waals surface area contributed by atoms with Gasteiger partial charge in [0.2, 0.25) is 0 Å². The van der Waals surface area contributed by atoms with E-state index in [1.54, 1.807) is 11.8 Å². The first-order valence-electron chi connectivity index (χ1n) is 6.43. The van der Waals surface area contributed by atoms with Crippen molar-refractivity contribution in [1.29, 1.82) is 0 Å². The summed E-state index contributed by atoms with van der Waals surface area (Å²) in [7, 11) is 0. The number of hydrogen-bond acceptors (Lipinski definition) is 4. The number of aromatic amines is 1. The molecule has 0 bridgehead atoms. The number of nitrogens with zero attached hydrogens (tertiary/aromatic N) is 1. The molecule has 2 aromatic rings. The molecule has 104 valence electrons. The van der Waals surface area contributed by atoms with Gasteiger partial charge in [-0.15, -0.1) is 11.8 Å². The highest BCUT2D eigenvalue weighted by molar-refractivity contribution is 7.98. The highest BCUT2D eigenvalue weighted by atomic mass is 35.5. The van der Waals surface area contributed by atoms with E-state index in [4.69, 9.17) is 23.8 Å². The van der Waals surface area contributed by atoms with Crippen molar-refractivity contribution >= 4 is 35.6 Å². The Bertz CT molecular complexity index is 684. The highest BCUT2D eigenvalue weighted by Gasteiger charge is 2.13. The van der Waals surface area contributed by atoms with Gasteiger partial charge >= 0.3 is 0 Å². The lowest BCUT2D eigenvalue weighted by molar-refractivity contribution is 0.620. The molecule has 0 amide bonds. The minimum absolute atomic E-state index is 0.709. The van der Waals surface area contributed by atoms with E-state index in [1.807, 2.05) is 24.3 Å². The minimum Gasteiger partial charge on any atom is -0.346 e. The number of benzene rings is 1. The van der Waals surface area contributed by atoms with E-state index in [-0.39, 0.29) is 0 Å². The third kappa shape index (κ3) is 3.06. The Kier molecular flexibility index (Phi) is 4.41. The molecule has 1 aliphatic heterocycles. The molecule has 6 heteroatoms. The van der Waals surface area contributed by atoms with Gasteiger partial charge in [-0.25, -0.2) is 4.98 Å². The summed E-state index contributed by atoms with van der Waals surface area (Å²) in [5, 5.41) is 4.09. The number of fused-ring (bicyclic) bond motifs is 1. The van der Waals surface area contributed by atoms with Crippen molar-refractivity contribution in [3.63, 3.8) is 0 Å². The highest BCUT2D eigenvalue weighted by Crippen LogP contribution is 2.28. The molecule has 3 nitrogen and oxygen atoms in total. The van der Waals surface area contributed by atoms with Crippen LogP contribution in [0.25, 0.3) is 0 Å². The van der Waals surface area contributed by atoms with Crippen LogP contribution in [0.3, 0.4) is 0 Å². The fourth-order valence-corrected chi connectivity index (χ4v) is 3.61. The number of aromatic nitrogens is 2. The molecule has 0 atom stereocenters. The first kappa shape index (κ1) is 14.1. The average Bonchev–Trinajstić information content (AvgIpc) is 2.46. The van der Waals surface area contributed by atoms with E-state index in [0.717, 1.165) is 46.6 Å². The maximum atomic E-state index is 6.16. The Morgan fingerprint density at radius 2 is 2.20 bits per heavy atom. The second-order valence-corrected chi connectivity index (χ2v) is 6.40. The summed E-state index contributed by atoms with van der Waals surface area (Å²) in [6, 6.07) is 7.84. The lowest BCUT2D eigenvalue weighted by Crippen LogP contribution is -2.25. The molecule has 0 radical (unpaired) electrons. The second-order valence-electron chi connectivity index (χ2n) is 4.59. The van der Waals surface area contributed by atoms with Crippen LogP contribution in [0.5, 0.6) is 0 Å². The molecule has 0 spiro atoms. The van der Waals surface area contributed by atoms with E-state index in [0.29, 0.717) is 4.64 Å². The fraction of sp³-hybridized carbons (Fsp3) is 0.286. The van der Waals surface area contributed by atoms with Crippen LogP contribution in [0, 0.1) is 4.64 Å². The summed E-state index contributed by atoms with van der Waals surface area (Å²) in [4.78, 5) is 8.96. The Morgan fingerprint density at radius 3 is 3.05 bits per heavy atom. The molecule has 1 aromatic heterocycles. The quantitative estimate of drug-likeness (QED) is 0.667. The molecule has 0 saturated heterocycles. The Morgan fingerprint density at radius 1 is 1.35 bits per heavy atom. The zero-order valence-corrected chi connectivity index (χ0v) is 13.2. The molecule has 3 rings (SSSR count). The lowest BCUT2D eigenvalue weighted by atomic mass is 10.1. The van der Waals surface area contributed by atoms with E-state index >= 15 is 0 Å². The SMILES string of the molecule is S=c1nc(CSc2ccccc2Cl)[nH]c2c1CNCC2. The maximum Gasteiger partial charge on any atom is 0.134 e. The zero-order chi connectivity index (χ0) is 13.9. The molecule has 1 aliphatic rings. The normalized spacial score (nSPS) is 14.1. The smallest absolute Gasteiger partial charge is 0.134 e. The molecule has 0 unspecified atom stereocenters. The third-order valence-electron chi connectivity index (χ3n) is 3.21. The van der Waals surface area contributed by atoms with Crippen molar-refractivity contribution in [2.24, 2.45) is 0 Å². The standard InChI is InChI=1S/C14H14ClN3S2/c15-10-3-1-2-4-12(10)20-8-13-17-11-5-6-16-7-9(11)14(19)18-13/h1-4,16H,5-8H2,(H,17,18,19). The maximum absolute atomic E-state index is 6.16. The Labute approximate surface area is 132 Å². The van der Waals surface area contributed by atoms with Crippen molar-refractivity contribution in [1.82, 2.24) is 15.3 Å². The van der Waals surface area contributed by atoms with Crippen LogP contribution in [0.1, 0.15) is 17.1 Å². The van der Waals surface area contributed by atoms with Gasteiger partial charge in [-0.2, -0.15) is 0 Å². The summed E-state index contributed by atoms with van der Waals surface area (Å²) in [5.74, 6) is 1.66. The van der Waals surface area contributed by atoms with Gasteiger partial charge in [0, 0.05) is 35.7 Å². The van der Waals surface area contributed by atoms with Crippen molar-refractivity contribution in [2.45, 2.75) is 23.6 Å². The van der Waals surface area contributed by atoms with Crippen molar-refractivity contribution in [3.8, 4) is 0 Å². The van der Waals surface area contributed by atoms with Gasteiger partial charge in [0.25, 0.3) is 0 Å². The Hall–Kier alpha value is -0.880. The molecule has 20 heavy (non-hydrogen) atoms. The van der Waals surface area contributed by atoms with Crippen LogP contribution in [0.4, 0.5) is 0 Å². The van der Waals surface area contributed by atoms with Gasteiger partial charge in [-0.05, 0) is 12.1 Å². The van der Waals surface area contributed by atoms with Gasteiger partial charge < -0.3 is 10.3 Å². The fourth-order valence-electron chi connectivity index (χ4n) is 2.20. The summed E-state index contributed by atoms with van der Waals surface area (Å²) in [6.45, 7) is 1.80. The summed E-state index contributed by atoms with van der Waals surface area (Å²) < 4.78 is 0.709. The lowest BCUT2D eigenvalue weighted by Gasteiger charge is -2.17. The summed E-state index contributed by atoms with van der Waals surface area (Å²) in [5.41, 5.74) is 2.36. The van der Waals surface area contributed by atoms with Crippen molar-refractivity contribution in [3.05, 3.63) is 51.0 Å². The largest absolute Gasteiger partial charge is 0.346 e. The monoisotopic (exact) mass is 323 g/mol. The van der Waals surface area contributed by atoms with Crippen LogP contribution >= 0.6 is 35.6 Å². The van der Waals surface area contributed by atoms with E-state index in [2.05, 4.69) is 15.3 Å². The molecule has 0 saturated carbocycles. The van der Waals surface area contributed by atoms with E-state index < -0.39 is 0 Å². The van der Waals surface area contributed by atoms with Crippen LogP contribution in [0.2, 0.25) is 5.02 Å². The topological polar surface area (TPSA) is 40.7 Å². The van der Waals surface area contributed by atoms with Crippen molar-refractivity contribution in [2.75, 3.05) is 6.54 Å². The number of hydrogen-bond donors (Lipinski definition) is 2. The number of halogens is 1. The molecule has 1 aromatic carbocycles. The molecular formula is C14H14ClN3S2. The van der Waals surface area contributed by atoms with E-state index in [1.165, 1.54) is 5.69 Å². The first-order chi connectivity index (χ1) is 9.74. The Balaban J connectivity index is 1.80. The van der Waals surface area contributed by atoms with Crippen LogP contribution in [0.15, 0.2) is 29.2 Å². The molecule has 2 N–H and O–H groups in total. The average molecular weight is 324 g/mol. The number of rotatable bonds is 3. The number of nitrogens with one attached hydrogen (secondary N) is 2. The molecule has 0 aliphatic carbocycles. The van der Waals surface area contributed by atoms with Gasteiger partial charge in [-0.1, -0.05) is 36.0 Å². The van der Waals surface area contributed by atoms with E-state index in [9.17, 15) is 0 Å². The third-order valence-corrected chi connectivity index (χ3v) is 5.07. The van der Waals surface area contributed by atoms with Gasteiger partial charge in [0.05, 0.1) is 10.8 Å². The predicted octanol–water partition coefficient (Wildman–Crippen LogP) is 3.73. The number of H-pyrrole nitrogens is 1. The molecule has 0 fully saturated rings. The minimum atomic E-state index is 0.709. The van der Waals surface area contributed by atoms with Crippen LogP contribution < -0.4 is 5.32 Å². The second kappa shape index (κ2) is 6.26.